The van der Waals surface area contributed by atoms with Crippen LogP contribution < -0.4 is 0 Å². The van der Waals surface area contributed by atoms with Gasteiger partial charge >= 0.3 is 0 Å². The number of sulfonamides is 1. The van der Waals surface area contributed by atoms with Crippen LogP contribution in [0.4, 0.5) is 0 Å². The molecule has 1 atom stereocenters. The molecule has 0 unspecified atom stereocenters. The maximum Gasteiger partial charge on any atom is 0.211 e. The molecule has 2 aromatic rings. The van der Waals surface area contributed by atoms with Crippen LogP contribution in [0, 0.1) is 5.92 Å². The molecule has 3 rings (SSSR count). The van der Waals surface area contributed by atoms with Gasteiger partial charge < -0.3 is 0 Å². The predicted molar refractivity (Wildman–Crippen MR) is 82.5 cm³/mol. The zero-order chi connectivity index (χ0) is 15.7. The van der Waals surface area contributed by atoms with Crippen molar-refractivity contribution in [3.05, 3.63) is 30.4 Å². The molecule has 22 heavy (non-hydrogen) atoms. The van der Waals surface area contributed by atoms with Crippen molar-refractivity contribution in [2.24, 2.45) is 13.0 Å². The maximum absolute atomic E-state index is 11.6. The molecule has 3 heterocycles. The van der Waals surface area contributed by atoms with Crippen LogP contribution in [0.25, 0.3) is 11.4 Å². The van der Waals surface area contributed by atoms with Gasteiger partial charge in [-0.05, 0) is 24.8 Å². The molecule has 1 saturated heterocycles. The summed E-state index contributed by atoms with van der Waals surface area (Å²) < 4.78 is 26.4. The van der Waals surface area contributed by atoms with Crippen LogP contribution >= 0.6 is 0 Å². The fraction of sp³-hybridized carbons (Fsp3) is 0.500. The van der Waals surface area contributed by atoms with Crippen molar-refractivity contribution in [1.29, 1.82) is 0 Å². The van der Waals surface area contributed by atoms with Gasteiger partial charge in [-0.25, -0.2) is 17.7 Å². The number of aromatic nitrogens is 4. The third-order valence-electron chi connectivity index (χ3n) is 3.98. The summed E-state index contributed by atoms with van der Waals surface area (Å²) in [5, 5.41) is 4.14. The van der Waals surface area contributed by atoms with Crippen LogP contribution in [0.1, 0.15) is 12.1 Å². The van der Waals surface area contributed by atoms with Gasteiger partial charge in [-0.2, -0.15) is 5.10 Å². The van der Waals surface area contributed by atoms with E-state index in [9.17, 15) is 8.42 Å². The third kappa shape index (κ3) is 3.17. The van der Waals surface area contributed by atoms with Crippen molar-refractivity contribution in [3.63, 3.8) is 0 Å². The average Bonchev–Trinajstić information content (AvgIpc) is 3.07. The van der Waals surface area contributed by atoms with Gasteiger partial charge in [0.05, 0.1) is 23.8 Å². The Morgan fingerprint density at radius 3 is 2.82 bits per heavy atom. The van der Waals surface area contributed by atoms with E-state index >= 15 is 0 Å². The minimum absolute atomic E-state index is 0.297. The van der Waals surface area contributed by atoms with E-state index in [1.54, 1.807) is 23.3 Å². The molecule has 8 heteroatoms. The highest BCUT2D eigenvalue weighted by Crippen LogP contribution is 2.23. The lowest BCUT2D eigenvalue weighted by Crippen LogP contribution is -2.27. The highest BCUT2D eigenvalue weighted by molar-refractivity contribution is 7.88. The summed E-state index contributed by atoms with van der Waals surface area (Å²) in [6.45, 7) is 1.16. The van der Waals surface area contributed by atoms with Crippen LogP contribution in [0.3, 0.4) is 0 Å². The number of aryl methyl sites for hydroxylation is 1. The van der Waals surface area contributed by atoms with Crippen LogP contribution in [0.2, 0.25) is 0 Å². The number of hydrogen-bond donors (Lipinski definition) is 0. The summed E-state index contributed by atoms with van der Waals surface area (Å²) in [5.74, 6) is 0.297. The molecule has 118 valence electrons. The number of rotatable bonds is 4. The summed E-state index contributed by atoms with van der Waals surface area (Å²) in [5.41, 5.74) is 2.59. The van der Waals surface area contributed by atoms with E-state index in [1.807, 2.05) is 13.1 Å². The average molecular weight is 321 g/mol. The van der Waals surface area contributed by atoms with E-state index in [4.69, 9.17) is 0 Å². The number of nitrogens with zero attached hydrogens (tertiary/aromatic N) is 5. The van der Waals surface area contributed by atoms with Crippen molar-refractivity contribution in [1.82, 2.24) is 24.1 Å². The van der Waals surface area contributed by atoms with E-state index in [0.29, 0.717) is 19.0 Å². The molecular formula is C14H19N5O2S. The van der Waals surface area contributed by atoms with E-state index in [1.165, 1.54) is 10.6 Å². The lowest BCUT2D eigenvalue weighted by molar-refractivity contribution is 0.459. The van der Waals surface area contributed by atoms with E-state index < -0.39 is 10.0 Å². The van der Waals surface area contributed by atoms with Crippen molar-refractivity contribution < 1.29 is 8.42 Å². The Bertz CT molecular complexity index is 771. The maximum atomic E-state index is 11.6. The minimum atomic E-state index is -3.09. The molecule has 0 spiro atoms. The summed E-state index contributed by atoms with van der Waals surface area (Å²) in [7, 11) is -1.23. The molecule has 0 N–H and O–H groups in total. The molecule has 0 radical (unpaired) electrons. The Morgan fingerprint density at radius 2 is 2.18 bits per heavy atom. The molecular weight excluding hydrogens is 302 g/mol. The molecule has 0 saturated carbocycles. The van der Waals surface area contributed by atoms with Gasteiger partial charge in [-0.3, -0.25) is 9.67 Å². The van der Waals surface area contributed by atoms with Gasteiger partial charge in [0.1, 0.15) is 5.69 Å². The normalized spacial score (nSPS) is 19.6. The summed E-state index contributed by atoms with van der Waals surface area (Å²) >= 11 is 0. The second-order valence-electron chi connectivity index (χ2n) is 5.72. The first-order valence-corrected chi connectivity index (χ1v) is 9.03. The Kier molecular flexibility index (Phi) is 3.96. The lowest BCUT2D eigenvalue weighted by atomic mass is 10.0. The molecule has 1 aliphatic heterocycles. The smallest absolute Gasteiger partial charge is 0.211 e. The lowest BCUT2D eigenvalue weighted by Gasteiger charge is -2.13. The van der Waals surface area contributed by atoms with Gasteiger partial charge in [0, 0.05) is 32.5 Å². The SMILES string of the molecule is Cn1nccc1-c1cncc(C[C@H]2CCN(S(C)(=O)=O)C2)n1. The van der Waals surface area contributed by atoms with Gasteiger partial charge in [0.25, 0.3) is 0 Å². The standard InChI is InChI=1S/C14H19N5O2S/c1-18-14(3-5-16-18)13-9-15-8-12(17-13)7-11-4-6-19(10-11)22(2,20)21/h3,5,8-9,11H,4,6-7,10H2,1-2H3/t11-/m1/s1. The largest absolute Gasteiger partial charge is 0.266 e. The molecule has 0 amide bonds. The highest BCUT2D eigenvalue weighted by Gasteiger charge is 2.28. The second-order valence-corrected chi connectivity index (χ2v) is 7.70. The zero-order valence-corrected chi connectivity index (χ0v) is 13.5. The van der Waals surface area contributed by atoms with Gasteiger partial charge in [-0.1, -0.05) is 0 Å². The molecule has 0 aliphatic carbocycles. The summed E-state index contributed by atoms with van der Waals surface area (Å²) in [4.78, 5) is 8.89. The van der Waals surface area contributed by atoms with Crippen molar-refractivity contribution in [3.8, 4) is 11.4 Å². The first-order chi connectivity index (χ1) is 10.4. The third-order valence-corrected chi connectivity index (χ3v) is 5.25. The van der Waals surface area contributed by atoms with Crippen molar-refractivity contribution in [2.45, 2.75) is 12.8 Å². The second kappa shape index (κ2) is 5.77. The van der Waals surface area contributed by atoms with Crippen LogP contribution in [-0.4, -0.2) is 51.8 Å². The fourth-order valence-corrected chi connectivity index (χ4v) is 3.73. The molecule has 2 aromatic heterocycles. The van der Waals surface area contributed by atoms with E-state index in [2.05, 4.69) is 15.1 Å². The quantitative estimate of drug-likeness (QED) is 0.828. The van der Waals surface area contributed by atoms with Crippen LogP contribution in [0.15, 0.2) is 24.7 Å². The first-order valence-electron chi connectivity index (χ1n) is 7.18. The Hall–Kier alpha value is -1.80. The first kappa shape index (κ1) is 15.1. The molecule has 1 aliphatic rings. The fourth-order valence-electron chi connectivity index (χ4n) is 2.81. The van der Waals surface area contributed by atoms with Gasteiger partial charge in [-0.15, -0.1) is 0 Å². The topological polar surface area (TPSA) is 81.0 Å². The van der Waals surface area contributed by atoms with Crippen LogP contribution in [-0.2, 0) is 23.5 Å². The summed E-state index contributed by atoms with van der Waals surface area (Å²) in [6, 6.07) is 1.90. The molecule has 0 aromatic carbocycles. The molecule has 7 nitrogen and oxygen atoms in total. The van der Waals surface area contributed by atoms with Crippen molar-refractivity contribution >= 4 is 10.0 Å². The van der Waals surface area contributed by atoms with Gasteiger partial charge in [0.15, 0.2) is 0 Å². The monoisotopic (exact) mass is 321 g/mol. The van der Waals surface area contributed by atoms with Crippen molar-refractivity contribution in [2.75, 3.05) is 19.3 Å². The minimum Gasteiger partial charge on any atom is -0.266 e. The van der Waals surface area contributed by atoms with Gasteiger partial charge in [0.2, 0.25) is 10.0 Å². The van der Waals surface area contributed by atoms with E-state index in [0.717, 1.165) is 29.9 Å². The molecule has 1 fully saturated rings. The highest BCUT2D eigenvalue weighted by atomic mass is 32.2. The Morgan fingerprint density at radius 1 is 1.36 bits per heavy atom. The van der Waals surface area contributed by atoms with E-state index in [-0.39, 0.29) is 0 Å². The Labute approximate surface area is 130 Å². The van der Waals surface area contributed by atoms with Crippen LogP contribution in [0.5, 0.6) is 0 Å². The zero-order valence-electron chi connectivity index (χ0n) is 12.7. The molecule has 0 bridgehead atoms. The Balaban J connectivity index is 1.73. The number of hydrogen-bond acceptors (Lipinski definition) is 5. The summed E-state index contributed by atoms with van der Waals surface area (Å²) in [6.07, 6.45) is 8.07. The predicted octanol–water partition coefficient (Wildman–Crippen LogP) is 0.701.